The van der Waals surface area contributed by atoms with Crippen LogP contribution in [0.15, 0.2) is 29.2 Å². The summed E-state index contributed by atoms with van der Waals surface area (Å²) in [7, 11) is -3.55. The van der Waals surface area contributed by atoms with Crippen LogP contribution in [0.25, 0.3) is 0 Å². The molecule has 1 saturated heterocycles. The van der Waals surface area contributed by atoms with Gasteiger partial charge in [-0.1, -0.05) is 20.3 Å². The van der Waals surface area contributed by atoms with Crippen molar-refractivity contribution in [2.75, 3.05) is 13.1 Å². The number of hydrogen-bond donors (Lipinski definition) is 2. The summed E-state index contributed by atoms with van der Waals surface area (Å²) in [5.74, 6) is -1.91. The van der Waals surface area contributed by atoms with E-state index in [1.54, 1.807) is 13.8 Å². The molecule has 0 bridgehead atoms. The van der Waals surface area contributed by atoms with Gasteiger partial charge in [0.15, 0.2) is 0 Å². The first kappa shape index (κ1) is 19.4. The summed E-state index contributed by atoms with van der Waals surface area (Å²) < 4.78 is 26.6. The summed E-state index contributed by atoms with van der Waals surface area (Å²) in [6, 6.07) is 4.61. The number of amides is 1. The van der Waals surface area contributed by atoms with Crippen molar-refractivity contribution < 1.29 is 23.1 Å². The smallest absolute Gasteiger partial charge is 0.326 e. The average molecular weight is 368 g/mol. The number of hydrogen-bond acceptors (Lipinski definition) is 4. The zero-order valence-electron chi connectivity index (χ0n) is 14.4. The predicted octanol–water partition coefficient (Wildman–Crippen LogP) is 1.70. The van der Waals surface area contributed by atoms with Crippen LogP contribution in [-0.2, 0) is 14.8 Å². The molecule has 1 heterocycles. The molecule has 1 aromatic rings. The second kappa shape index (κ2) is 7.97. The number of benzene rings is 1. The van der Waals surface area contributed by atoms with E-state index in [-0.39, 0.29) is 16.4 Å². The fourth-order valence-electron chi connectivity index (χ4n) is 2.77. The summed E-state index contributed by atoms with van der Waals surface area (Å²) in [5.41, 5.74) is 0.226. The molecule has 2 N–H and O–H groups in total. The highest BCUT2D eigenvalue weighted by molar-refractivity contribution is 7.89. The van der Waals surface area contributed by atoms with E-state index in [9.17, 15) is 18.0 Å². The Morgan fingerprint density at radius 1 is 1.08 bits per heavy atom. The lowest BCUT2D eigenvalue weighted by Crippen LogP contribution is -2.44. The molecule has 0 saturated carbocycles. The topological polar surface area (TPSA) is 104 Å². The van der Waals surface area contributed by atoms with Gasteiger partial charge in [0, 0.05) is 18.7 Å². The third kappa shape index (κ3) is 4.58. The van der Waals surface area contributed by atoms with Crippen LogP contribution in [0.2, 0.25) is 0 Å². The van der Waals surface area contributed by atoms with E-state index in [1.165, 1.54) is 28.6 Å². The molecule has 0 radical (unpaired) electrons. The maximum absolute atomic E-state index is 12.6. The Morgan fingerprint density at radius 2 is 1.64 bits per heavy atom. The maximum Gasteiger partial charge on any atom is 0.326 e. The normalized spacial score (nSPS) is 17.2. The lowest BCUT2D eigenvalue weighted by atomic mass is 10.0. The van der Waals surface area contributed by atoms with Crippen LogP contribution >= 0.6 is 0 Å². The Kier molecular flexibility index (Phi) is 6.18. The van der Waals surface area contributed by atoms with Gasteiger partial charge in [0.05, 0.1) is 4.90 Å². The molecule has 8 heteroatoms. The van der Waals surface area contributed by atoms with E-state index in [2.05, 4.69) is 5.32 Å². The maximum atomic E-state index is 12.6. The minimum atomic E-state index is -3.55. The first-order chi connectivity index (χ1) is 11.7. The van der Waals surface area contributed by atoms with Gasteiger partial charge in [0.25, 0.3) is 5.91 Å². The molecule has 0 aliphatic carbocycles. The van der Waals surface area contributed by atoms with E-state index in [0.29, 0.717) is 13.1 Å². The molecule has 1 atom stereocenters. The number of nitrogens with one attached hydrogen (secondary N) is 1. The van der Waals surface area contributed by atoms with Crippen LogP contribution in [-0.4, -0.2) is 48.8 Å². The van der Waals surface area contributed by atoms with E-state index >= 15 is 0 Å². The molecule has 1 aromatic carbocycles. The quantitative estimate of drug-likeness (QED) is 0.795. The van der Waals surface area contributed by atoms with E-state index in [0.717, 1.165) is 19.3 Å². The van der Waals surface area contributed by atoms with Gasteiger partial charge in [-0.25, -0.2) is 13.2 Å². The predicted molar refractivity (Wildman–Crippen MR) is 92.8 cm³/mol. The van der Waals surface area contributed by atoms with Crippen LogP contribution < -0.4 is 5.32 Å². The molecule has 0 unspecified atom stereocenters. The fraction of sp³-hybridized carbons (Fsp3) is 0.529. The molecular formula is C17H24N2O5S. The SMILES string of the molecule is CC(C)[C@H](NC(=O)c1ccc(S(=O)(=O)N2CCCCC2)cc1)C(=O)O. The van der Waals surface area contributed by atoms with Crippen molar-refractivity contribution >= 4 is 21.9 Å². The van der Waals surface area contributed by atoms with Gasteiger partial charge in [0.1, 0.15) is 6.04 Å². The van der Waals surface area contributed by atoms with Crippen molar-refractivity contribution in [2.45, 2.75) is 44.0 Å². The summed E-state index contributed by atoms with van der Waals surface area (Å²) in [6.45, 7) is 4.43. The second-order valence-electron chi connectivity index (χ2n) is 6.52. The number of carbonyl (C=O) groups excluding carboxylic acids is 1. The number of carboxylic acids is 1. The lowest BCUT2D eigenvalue weighted by Gasteiger charge is -2.25. The van der Waals surface area contributed by atoms with Crippen molar-refractivity contribution in [1.29, 1.82) is 0 Å². The summed E-state index contributed by atoms with van der Waals surface area (Å²) >= 11 is 0. The van der Waals surface area contributed by atoms with Gasteiger partial charge in [-0.2, -0.15) is 4.31 Å². The van der Waals surface area contributed by atoms with E-state index < -0.39 is 27.9 Å². The summed E-state index contributed by atoms with van der Waals surface area (Å²) in [5, 5.41) is 11.6. The van der Waals surface area contributed by atoms with Gasteiger partial charge in [0.2, 0.25) is 10.0 Å². The first-order valence-corrected chi connectivity index (χ1v) is 9.81. The minimum absolute atomic E-state index is 0.143. The Balaban J connectivity index is 2.13. The van der Waals surface area contributed by atoms with Crippen molar-refractivity contribution in [3.63, 3.8) is 0 Å². The molecule has 1 amide bonds. The monoisotopic (exact) mass is 368 g/mol. The van der Waals surface area contributed by atoms with Crippen molar-refractivity contribution in [2.24, 2.45) is 5.92 Å². The molecule has 0 spiro atoms. The van der Waals surface area contributed by atoms with Crippen LogP contribution in [0.4, 0.5) is 0 Å². The third-order valence-corrected chi connectivity index (χ3v) is 6.20. The molecular weight excluding hydrogens is 344 g/mol. The molecule has 1 fully saturated rings. The lowest BCUT2D eigenvalue weighted by molar-refractivity contribution is -0.140. The van der Waals surface area contributed by atoms with Gasteiger partial charge >= 0.3 is 5.97 Å². The third-order valence-electron chi connectivity index (χ3n) is 4.29. The van der Waals surface area contributed by atoms with Crippen LogP contribution in [0.1, 0.15) is 43.5 Å². The van der Waals surface area contributed by atoms with Gasteiger partial charge in [-0.05, 0) is 43.0 Å². The number of rotatable bonds is 6. The first-order valence-electron chi connectivity index (χ1n) is 8.37. The highest BCUT2D eigenvalue weighted by atomic mass is 32.2. The van der Waals surface area contributed by atoms with Crippen molar-refractivity contribution in [1.82, 2.24) is 9.62 Å². The minimum Gasteiger partial charge on any atom is -0.480 e. The largest absolute Gasteiger partial charge is 0.480 e. The van der Waals surface area contributed by atoms with Crippen LogP contribution in [0.3, 0.4) is 0 Å². The van der Waals surface area contributed by atoms with Crippen LogP contribution in [0.5, 0.6) is 0 Å². The Hall–Kier alpha value is -1.93. The molecule has 1 aliphatic rings. The molecule has 2 rings (SSSR count). The molecule has 138 valence electrons. The summed E-state index contributed by atoms with van der Waals surface area (Å²) in [4.78, 5) is 23.5. The Bertz CT molecular complexity index is 722. The van der Waals surface area contributed by atoms with Crippen molar-refractivity contribution in [3.05, 3.63) is 29.8 Å². The number of piperidine rings is 1. The highest BCUT2D eigenvalue weighted by Gasteiger charge is 2.27. The van der Waals surface area contributed by atoms with Gasteiger partial charge in [-0.15, -0.1) is 0 Å². The zero-order chi connectivity index (χ0) is 18.6. The number of nitrogens with zero attached hydrogens (tertiary/aromatic N) is 1. The Labute approximate surface area is 148 Å². The average Bonchev–Trinajstić information content (AvgIpc) is 2.59. The molecule has 7 nitrogen and oxygen atoms in total. The highest BCUT2D eigenvalue weighted by Crippen LogP contribution is 2.21. The molecule has 0 aromatic heterocycles. The van der Waals surface area contributed by atoms with Gasteiger partial charge in [-0.3, -0.25) is 4.79 Å². The standard InChI is InChI=1S/C17H24N2O5S/c1-12(2)15(17(21)22)18-16(20)13-6-8-14(9-7-13)25(23,24)19-10-4-3-5-11-19/h6-9,12,15H,3-5,10-11H2,1-2H3,(H,18,20)(H,21,22)/t15-/m0/s1. The molecule has 25 heavy (non-hydrogen) atoms. The van der Waals surface area contributed by atoms with E-state index in [4.69, 9.17) is 5.11 Å². The number of carbonyl (C=O) groups is 2. The van der Waals surface area contributed by atoms with Crippen LogP contribution in [0, 0.1) is 5.92 Å². The second-order valence-corrected chi connectivity index (χ2v) is 8.46. The molecule has 1 aliphatic heterocycles. The number of carboxylic acid groups (broad SMARTS) is 1. The summed E-state index contributed by atoms with van der Waals surface area (Å²) in [6.07, 6.45) is 2.74. The van der Waals surface area contributed by atoms with Gasteiger partial charge < -0.3 is 10.4 Å². The van der Waals surface area contributed by atoms with E-state index in [1.807, 2.05) is 0 Å². The number of sulfonamides is 1. The number of aliphatic carboxylic acids is 1. The Morgan fingerprint density at radius 3 is 2.12 bits per heavy atom. The fourth-order valence-corrected chi connectivity index (χ4v) is 4.29. The van der Waals surface area contributed by atoms with Crippen molar-refractivity contribution in [3.8, 4) is 0 Å². The zero-order valence-corrected chi connectivity index (χ0v) is 15.3.